The van der Waals surface area contributed by atoms with E-state index in [-0.39, 0.29) is 5.41 Å². The maximum Gasteiger partial charge on any atom is 0.161 e. The van der Waals surface area contributed by atoms with Gasteiger partial charge in [0, 0.05) is 32.3 Å². The van der Waals surface area contributed by atoms with E-state index >= 15 is 0 Å². The lowest BCUT2D eigenvalue weighted by atomic mass is 9.82. The molecule has 3 heterocycles. The van der Waals surface area contributed by atoms with Crippen molar-refractivity contribution in [1.29, 1.82) is 0 Å². The van der Waals surface area contributed by atoms with Crippen molar-refractivity contribution in [3.8, 4) is 22.6 Å². The predicted molar refractivity (Wildman–Crippen MR) is 160 cm³/mol. The lowest BCUT2D eigenvalue weighted by molar-refractivity contribution is 0.596. The van der Waals surface area contributed by atoms with Crippen LogP contribution in [-0.4, -0.2) is 4.98 Å². The van der Waals surface area contributed by atoms with Crippen molar-refractivity contribution in [2.24, 2.45) is 5.92 Å². The summed E-state index contributed by atoms with van der Waals surface area (Å²) in [5.41, 5.74) is 6.68. The first-order valence-corrected chi connectivity index (χ1v) is 14.0. The van der Waals surface area contributed by atoms with Gasteiger partial charge >= 0.3 is 0 Å². The van der Waals surface area contributed by atoms with Gasteiger partial charge in [-0.15, -0.1) is 11.3 Å². The average molecular weight is 504 g/mol. The molecular weight excluding hydrogens is 470 g/mol. The maximum absolute atomic E-state index is 6.58. The number of nitrogens with zero attached hydrogens (tertiary/aromatic N) is 1. The number of rotatable bonds is 4. The van der Waals surface area contributed by atoms with E-state index in [1.165, 1.54) is 36.9 Å². The molecule has 0 aliphatic rings. The summed E-state index contributed by atoms with van der Waals surface area (Å²) in [6.45, 7) is 13.6. The Morgan fingerprint density at radius 1 is 0.865 bits per heavy atom. The molecule has 2 nitrogen and oxygen atoms in total. The monoisotopic (exact) mass is 503 g/mol. The number of aryl methyl sites for hydroxylation is 1. The summed E-state index contributed by atoms with van der Waals surface area (Å²) in [6.07, 6.45) is 3.02. The Kier molecular flexibility index (Phi) is 5.72. The normalized spacial score (nSPS) is 12.4. The Hall–Kier alpha value is -3.43. The zero-order valence-electron chi connectivity index (χ0n) is 22.5. The number of pyridine rings is 1. The molecule has 0 aliphatic heterocycles. The number of fused-ring (bicyclic) bond motifs is 3. The van der Waals surface area contributed by atoms with E-state index in [1.54, 1.807) is 0 Å². The van der Waals surface area contributed by atoms with E-state index in [4.69, 9.17) is 9.40 Å². The second-order valence-corrected chi connectivity index (χ2v) is 12.8. The zero-order chi connectivity index (χ0) is 25.9. The van der Waals surface area contributed by atoms with Crippen LogP contribution in [0.2, 0.25) is 0 Å². The second-order valence-electron chi connectivity index (χ2n) is 11.6. The highest BCUT2D eigenvalue weighted by Crippen LogP contribution is 2.40. The lowest BCUT2D eigenvalue weighted by Crippen LogP contribution is -2.12. The Labute approximate surface area is 223 Å². The molecule has 0 saturated heterocycles. The van der Waals surface area contributed by atoms with E-state index in [2.05, 4.69) is 102 Å². The van der Waals surface area contributed by atoms with Gasteiger partial charge in [0.1, 0.15) is 11.5 Å². The largest absolute Gasteiger partial charge is 0.454 e. The molecule has 0 N–H and O–H groups in total. The molecule has 0 radical (unpaired) electrons. The number of benzene rings is 3. The van der Waals surface area contributed by atoms with Crippen LogP contribution >= 0.6 is 11.3 Å². The summed E-state index contributed by atoms with van der Waals surface area (Å²) in [5, 5.41) is 4.93. The third kappa shape index (κ3) is 4.26. The van der Waals surface area contributed by atoms with Gasteiger partial charge in [-0.25, -0.2) is 0 Å². The molecule has 0 unspecified atom stereocenters. The summed E-state index contributed by atoms with van der Waals surface area (Å²) < 4.78 is 7.93. The fourth-order valence-electron chi connectivity index (χ4n) is 5.37. The average Bonchev–Trinajstić information content (AvgIpc) is 3.43. The molecule has 186 valence electrons. The topological polar surface area (TPSA) is 26.0 Å². The van der Waals surface area contributed by atoms with E-state index < -0.39 is 0 Å². The van der Waals surface area contributed by atoms with Gasteiger partial charge in [0.25, 0.3) is 0 Å². The van der Waals surface area contributed by atoms with Gasteiger partial charge in [0.05, 0.1) is 0 Å². The SMILES string of the molecule is Cc1c(CC(C)C)sc2ccc(-c3cc4ccnc(-c5cc(C(C)(C)C)c6ccccc6c5)c4o3)cc12. The molecule has 3 aromatic heterocycles. The molecule has 3 heteroatoms. The Balaban J connectivity index is 1.49. The predicted octanol–water partition coefficient (Wildman–Crippen LogP) is 10.3. The molecule has 3 aromatic carbocycles. The molecule has 0 saturated carbocycles. The Morgan fingerprint density at radius 3 is 2.46 bits per heavy atom. The third-order valence-electron chi connectivity index (χ3n) is 7.29. The fourth-order valence-corrected chi connectivity index (χ4v) is 6.77. The molecule has 37 heavy (non-hydrogen) atoms. The van der Waals surface area contributed by atoms with E-state index in [9.17, 15) is 0 Å². The van der Waals surface area contributed by atoms with Gasteiger partial charge in [-0.1, -0.05) is 58.9 Å². The van der Waals surface area contributed by atoms with Gasteiger partial charge in [0.2, 0.25) is 0 Å². The highest BCUT2D eigenvalue weighted by Gasteiger charge is 2.21. The number of aromatic nitrogens is 1. The minimum atomic E-state index is 0.0140. The first-order valence-electron chi connectivity index (χ1n) is 13.1. The van der Waals surface area contributed by atoms with Crippen LogP contribution in [-0.2, 0) is 11.8 Å². The molecule has 0 bridgehead atoms. The molecule has 6 aromatic rings. The van der Waals surface area contributed by atoms with E-state index in [0.29, 0.717) is 5.92 Å². The molecule has 0 fully saturated rings. The summed E-state index contributed by atoms with van der Waals surface area (Å²) in [5.74, 6) is 1.54. The van der Waals surface area contributed by atoms with Crippen LogP contribution in [0.15, 0.2) is 77.3 Å². The van der Waals surface area contributed by atoms with E-state index in [1.807, 2.05) is 23.6 Å². The molecule has 0 amide bonds. The number of thiophene rings is 1. The van der Waals surface area contributed by atoms with Crippen molar-refractivity contribution in [2.75, 3.05) is 0 Å². The third-order valence-corrected chi connectivity index (χ3v) is 8.59. The van der Waals surface area contributed by atoms with Crippen molar-refractivity contribution in [3.63, 3.8) is 0 Å². The molecule has 0 spiro atoms. The highest BCUT2D eigenvalue weighted by molar-refractivity contribution is 7.19. The molecule has 6 rings (SSSR count). The van der Waals surface area contributed by atoms with Crippen molar-refractivity contribution in [1.82, 2.24) is 4.98 Å². The first-order chi connectivity index (χ1) is 17.7. The summed E-state index contributed by atoms with van der Waals surface area (Å²) in [6, 6.07) is 24.1. The van der Waals surface area contributed by atoms with Crippen LogP contribution in [0.5, 0.6) is 0 Å². The minimum Gasteiger partial charge on any atom is -0.454 e. The van der Waals surface area contributed by atoms with Crippen LogP contribution in [0.1, 0.15) is 50.6 Å². The zero-order valence-corrected chi connectivity index (χ0v) is 23.3. The molecular formula is C34H33NOS. The number of hydrogen-bond donors (Lipinski definition) is 0. The van der Waals surface area contributed by atoms with Crippen molar-refractivity contribution in [3.05, 3.63) is 88.9 Å². The van der Waals surface area contributed by atoms with Gasteiger partial charge in [0.15, 0.2) is 5.58 Å². The summed E-state index contributed by atoms with van der Waals surface area (Å²) in [4.78, 5) is 6.31. The summed E-state index contributed by atoms with van der Waals surface area (Å²) in [7, 11) is 0. The maximum atomic E-state index is 6.58. The van der Waals surface area contributed by atoms with Crippen LogP contribution in [0.4, 0.5) is 0 Å². The van der Waals surface area contributed by atoms with Gasteiger partial charge in [-0.2, -0.15) is 0 Å². The lowest BCUT2D eigenvalue weighted by Gasteiger charge is -2.22. The molecule has 0 atom stereocenters. The number of furan rings is 1. The quantitative estimate of drug-likeness (QED) is 0.239. The van der Waals surface area contributed by atoms with Crippen molar-refractivity contribution >= 4 is 43.2 Å². The van der Waals surface area contributed by atoms with Crippen LogP contribution in [0, 0.1) is 12.8 Å². The van der Waals surface area contributed by atoms with Gasteiger partial charge < -0.3 is 4.42 Å². The Bertz CT molecular complexity index is 1780. The highest BCUT2D eigenvalue weighted by atomic mass is 32.1. The Morgan fingerprint density at radius 2 is 1.68 bits per heavy atom. The standard InChI is InChI=1S/C34H33NOS/c1-20(2)15-31-21(3)27-17-23(11-12-30(27)37-31)29-19-24-13-14-35-32(33(24)36-29)25-16-22-9-7-8-10-26(22)28(18-25)34(4,5)6/h7-14,16-20H,15H2,1-6H3. The van der Waals surface area contributed by atoms with E-state index in [0.717, 1.165) is 40.0 Å². The second kappa shape index (κ2) is 8.85. The smallest absolute Gasteiger partial charge is 0.161 e. The van der Waals surface area contributed by atoms with Gasteiger partial charge in [-0.05, 0) is 94.4 Å². The van der Waals surface area contributed by atoms with Crippen LogP contribution in [0.3, 0.4) is 0 Å². The van der Waals surface area contributed by atoms with Crippen LogP contribution < -0.4 is 0 Å². The van der Waals surface area contributed by atoms with Gasteiger partial charge in [-0.3, -0.25) is 4.98 Å². The summed E-state index contributed by atoms with van der Waals surface area (Å²) >= 11 is 1.92. The fraction of sp³-hybridized carbons (Fsp3) is 0.265. The van der Waals surface area contributed by atoms with Crippen LogP contribution in [0.25, 0.3) is 54.4 Å². The number of hydrogen-bond acceptors (Lipinski definition) is 3. The molecule has 0 aliphatic carbocycles. The minimum absolute atomic E-state index is 0.0140. The van der Waals surface area contributed by atoms with Crippen molar-refractivity contribution in [2.45, 2.75) is 53.4 Å². The van der Waals surface area contributed by atoms with Crippen molar-refractivity contribution < 1.29 is 4.42 Å². The first kappa shape index (κ1) is 23.9.